The van der Waals surface area contributed by atoms with Crippen LogP contribution in [0.1, 0.15) is 35.9 Å². The lowest BCUT2D eigenvalue weighted by Crippen LogP contribution is -2.49. The summed E-state index contributed by atoms with van der Waals surface area (Å²) in [5.74, 6) is 0.775. The number of carbonyl (C=O) groups excluding carboxylic acids is 1. The van der Waals surface area contributed by atoms with Crippen LogP contribution < -0.4 is 5.73 Å². The zero-order chi connectivity index (χ0) is 16.4. The number of nitrogens with zero attached hydrogens (tertiary/aromatic N) is 2. The summed E-state index contributed by atoms with van der Waals surface area (Å²) in [5.41, 5.74) is 8.65. The van der Waals surface area contributed by atoms with Crippen molar-refractivity contribution < 1.29 is 9.32 Å². The van der Waals surface area contributed by atoms with E-state index in [-0.39, 0.29) is 30.1 Å². The van der Waals surface area contributed by atoms with Gasteiger partial charge in [-0.2, -0.15) is 0 Å². The van der Waals surface area contributed by atoms with Crippen LogP contribution in [0.15, 0.2) is 34.9 Å². The molecule has 3 rings (SSSR count). The van der Waals surface area contributed by atoms with Crippen molar-refractivity contribution in [2.24, 2.45) is 11.7 Å². The minimum absolute atomic E-state index is 0. The molecule has 130 valence electrons. The molecule has 2 heterocycles. The van der Waals surface area contributed by atoms with E-state index in [2.05, 4.69) is 12.1 Å². The highest BCUT2D eigenvalue weighted by atomic mass is 35.5. The molecule has 0 saturated carbocycles. The fraction of sp³-hybridized carbons (Fsp3) is 0.444. The fourth-order valence-corrected chi connectivity index (χ4v) is 3.12. The highest BCUT2D eigenvalue weighted by molar-refractivity contribution is 5.92. The normalized spacial score (nSPS) is 20.5. The van der Waals surface area contributed by atoms with Gasteiger partial charge in [0.25, 0.3) is 5.91 Å². The summed E-state index contributed by atoms with van der Waals surface area (Å²) in [6, 6.07) is 9.79. The lowest BCUT2D eigenvalue weighted by Gasteiger charge is -2.37. The second kappa shape index (κ2) is 7.81. The summed E-state index contributed by atoms with van der Waals surface area (Å²) < 4.78 is 5.30. The maximum Gasteiger partial charge on any atom is 0.292 e. The molecule has 1 saturated heterocycles. The summed E-state index contributed by atoms with van der Waals surface area (Å²) in [5, 5.41) is 4.04. The molecule has 2 N–H and O–H groups in total. The van der Waals surface area contributed by atoms with E-state index < -0.39 is 0 Å². The van der Waals surface area contributed by atoms with Gasteiger partial charge in [0, 0.05) is 30.8 Å². The lowest BCUT2D eigenvalue weighted by molar-refractivity contribution is 0.0532. The first kappa shape index (κ1) is 18.5. The molecule has 1 aliphatic rings. The first-order chi connectivity index (χ1) is 11.1. The van der Waals surface area contributed by atoms with Crippen LogP contribution in [0.4, 0.5) is 0 Å². The molecule has 1 amide bonds. The van der Waals surface area contributed by atoms with Crippen molar-refractivity contribution in [1.29, 1.82) is 0 Å². The number of hydrogen-bond acceptors (Lipinski definition) is 4. The minimum atomic E-state index is -0.113. The Morgan fingerprint density at radius 1 is 1.38 bits per heavy atom. The van der Waals surface area contributed by atoms with E-state index in [1.165, 1.54) is 5.56 Å². The van der Waals surface area contributed by atoms with Gasteiger partial charge in [-0.1, -0.05) is 41.9 Å². The first-order valence-corrected chi connectivity index (χ1v) is 8.13. The molecule has 2 unspecified atom stereocenters. The molecule has 2 aromatic rings. The quantitative estimate of drug-likeness (QED) is 0.923. The monoisotopic (exact) mass is 349 g/mol. The van der Waals surface area contributed by atoms with E-state index in [9.17, 15) is 4.79 Å². The Kier molecular flexibility index (Phi) is 6.02. The van der Waals surface area contributed by atoms with Crippen LogP contribution in [0.25, 0.3) is 11.3 Å². The van der Waals surface area contributed by atoms with Gasteiger partial charge in [-0.15, -0.1) is 12.4 Å². The molecule has 2 atom stereocenters. The highest BCUT2D eigenvalue weighted by Gasteiger charge is 2.31. The van der Waals surface area contributed by atoms with Crippen molar-refractivity contribution in [2.45, 2.75) is 32.7 Å². The Labute approximate surface area is 148 Å². The van der Waals surface area contributed by atoms with E-state index >= 15 is 0 Å². The van der Waals surface area contributed by atoms with Crippen LogP contribution in [-0.4, -0.2) is 35.1 Å². The molecule has 0 aliphatic carbocycles. The van der Waals surface area contributed by atoms with Crippen LogP contribution in [0.5, 0.6) is 0 Å². The van der Waals surface area contributed by atoms with Crippen molar-refractivity contribution in [3.63, 3.8) is 0 Å². The molecule has 0 spiro atoms. The fourth-order valence-electron chi connectivity index (χ4n) is 3.12. The van der Waals surface area contributed by atoms with E-state index in [0.717, 1.165) is 24.9 Å². The largest absolute Gasteiger partial charge is 0.350 e. The van der Waals surface area contributed by atoms with Crippen molar-refractivity contribution >= 4 is 18.3 Å². The predicted molar refractivity (Wildman–Crippen MR) is 96.2 cm³/mol. The molecular formula is C18H24ClN3O2. The topological polar surface area (TPSA) is 72.4 Å². The highest BCUT2D eigenvalue weighted by Crippen LogP contribution is 2.25. The van der Waals surface area contributed by atoms with Gasteiger partial charge in [0.1, 0.15) is 5.69 Å². The zero-order valence-corrected chi connectivity index (χ0v) is 14.9. The molecule has 0 bridgehead atoms. The van der Waals surface area contributed by atoms with Gasteiger partial charge in [0.2, 0.25) is 5.76 Å². The molecule has 1 aliphatic heterocycles. The molecule has 1 aromatic carbocycles. The Balaban J connectivity index is 0.00000208. The number of rotatable bonds is 3. The maximum atomic E-state index is 12.7. The first-order valence-electron chi connectivity index (χ1n) is 8.13. The van der Waals surface area contributed by atoms with Gasteiger partial charge in [-0.25, -0.2) is 0 Å². The second-order valence-corrected chi connectivity index (χ2v) is 6.46. The van der Waals surface area contributed by atoms with Gasteiger partial charge >= 0.3 is 0 Å². The van der Waals surface area contributed by atoms with Gasteiger partial charge in [-0.3, -0.25) is 4.79 Å². The van der Waals surface area contributed by atoms with Crippen molar-refractivity contribution in [2.75, 3.05) is 13.1 Å². The average Bonchev–Trinajstić information content (AvgIpc) is 3.04. The summed E-state index contributed by atoms with van der Waals surface area (Å²) >= 11 is 0. The number of aryl methyl sites for hydroxylation is 1. The standard InChI is InChI=1S/C18H23N3O2.ClH/c1-12-3-5-14(6-4-12)16-10-17(23-20-16)18(22)21-8-7-13(2)9-15(21)11-19;/h3-6,10,13,15H,7-9,11,19H2,1-2H3;1H. The average molecular weight is 350 g/mol. The van der Waals surface area contributed by atoms with Crippen LogP contribution in [0, 0.1) is 12.8 Å². The SMILES string of the molecule is Cc1ccc(-c2cc(C(=O)N3CCC(C)CC3CN)on2)cc1.Cl. The molecular weight excluding hydrogens is 326 g/mol. The Morgan fingerprint density at radius 2 is 2.08 bits per heavy atom. The summed E-state index contributed by atoms with van der Waals surface area (Å²) in [4.78, 5) is 14.5. The third kappa shape index (κ3) is 3.79. The third-order valence-electron chi connectivity index (χ3n) is 4.58. The Hall–Kier alpha value is -1.85. The number of hydrogen-bond donors (Lipinski definition) is 1. The number of nitrogens with two attached hydrogens (primary N) is 1. The molecule has 24 heavy (non-hydrogen) atoms. The van der Waals surface area contributed by atoms with Gasteiger partial charge in [0.05, 0.1) is 0 Å². The lowest BCUT2D eigenvalue weighted by atomic mass is 9.92. The Bertz CT molecular complexity index is 684. The van der Waals surface area contributed by atoms with Gasteiger partial charge in [0.15, 0.2) is 0 Å². The number of amides is 1. The van der Waals surface area contributed by atoms with Gasteiger partial charge < -0.3 is 15.2 Å². The second-order valence-electron chi connectivity index (χ2n) is 6.46. The van der Waals surface area contributed by atoms with E-state index in [0.29, 0.717) is 18.2 Å². The molecule has 0 radical (unpaired) electrons. The number of carbonyl (C=O) groups is 1. The summed E-state index contributed by atoms with van der Waals surface area (Å²) in [6.45, 7) is 5.44. The predicted octanol–water partition coefficient (Wildman–Crippen LogP) is 3.27. The molecule has 5 nitrogen and oxygen atoms in total. The third-order valence-corrected chi connectivity index (χ3v) is 4.58. The van der Waals surface area contributed by atoms with Crippen molar-refractivity contribution in [3.05, 3.63) is 41.7 Å². The summed E-state index contributed by atoms with van der Waals surface area (Å²) in [6.07, 6.45) is 1.95. The minimum Gasteiger partial charge on any atom is -0.350 e. The number of piperidine rings is 1. The van der Waals surface area contributed by atoms with Crippen LogP contribution in [0.2, 0.25) is 0 Å². The number of benzene rings is 1. The van der Waals surface area contributed by atoms with Crippen LogP contribution in [0.3, 0.4) is 0 Å². The Morgan fingerprint density at radius 3 is 2.75 bits per heavy atom. The van der Waals surface area contributed by atoms with Crippen molar-refractivity contribution in [3.8, 4) is 11.3 Å². The van der Waals surface area contributed by atoms with E-state index in [1.807, 2.05) is 36.1 Å². The van der Waals surface area contributed by atoms with Crippen LogP contribution >= 0.6 is 12.4 Å². The summed E-state index contributed by atoms with van der Waals surface area (Å²) in [7, 11) is 0. The number of aromatic nitrogens is 1. The number of halogens is 1. The van der Waals surface area contributed by atoms with Gasteiger partial charge in [-0.05, 0) is 25.7 Å². The zero-order valence-electron chi connectivity index (χ0n) is 14.1. The van der Waals surface area contributed by atoms with E-state index in [1.54, 1.807) is 6.07 Å². The maximum absolute atomic E-state index is 12.7. The van der Waals surface area contributed by atoms with E-state index in [4.69, 9.17) is 10.3 Å². The molecule has 1 fully saturated rings. The number of likely N-dealkylation sites (tertiary alicyclic amines) is 1. The molecule has 6 heteroatoms. The van der Waals surface area contributed by atoms with Crippen LogP contribution in [-0.2, 0) is 0 Å². The smallest absolute Gasteiger partial charge is 0.292 e. The molecule has 1 aromatic heterocycles. The van der Waals surface area contributed by atoms with Crippen molar-refractivity contribution in [1.82, 2.24) is 10.1 Å².